The van der Waals surface area contributed by atoms with Crippen LogP contribution in [0.5, 0.6) is 0 Å². The van der Waals surface area contributed by atoms with E-state index < -0.39 is 0 Å². The van der Waals surface area contributed by atoms with Gasteiger partial charge in [0.15, 0.2) is 0 Å². The van der Waals surface area contributed by atoms with Gasteiger partial charge in [-0.3, -0.25) is 0 Å². The van der Waals surface area contributed by atoms with Gasteiger partial charge in [0.25, 0.3) is 0 Å². The van der Waals surface area contributed by atoms with Crippen LogP contribution < -0.4 is 0 Å². The second-order valence-electron chi connectivity index (χ2n) is 2.09. The van der Waals surface area contributed by atoms with Crippen LogP contribution in [0.3, 0.4) is 0 Å². The standard InChI is InChI=1S/C4H11BN.2CH4/c1-4-6(2,3)5;;/h4H2,1-3H3;2*1H4/q+1;;. The number of quaternary nitrogens is 1. The first-order valence-corrected chi connectivity index (χ1v) is 2.18. The van der Waals surface area contributed by atoms with Crippen molar-refractivity contribution >= 4 is 7.98 Å². The van der Waals surface area contributed by atoms with Crippen LogP contribution in [0.15, 0.2) is 0 Å². The molecule has 0 heterocycles. The highest BCUT2D eigenvalue weighted by Crippen LogP contribution is 1.82. The molecule has 2 radical (unpaired) electrons. The molecule has 0 fully saturated rings. The van der Waals surface area contributed by atoms with Crippen molar-refractivity contribution in [1.82, 2.24) is 0 Å². The number of rotatable bonds is 1. The molecular weight excluding hydrogens is 96.9 g/mol. The summed E-state index contributed by atoms with van der Waals surface area (Å²) >= 11 is 0. The van der Waals surface area contributed by atoms with Crippen molar-refractivity contribution in [3.8, 4) is 0 Å². The summed E-state index contributed by atoms with van der Waals surface area (Å²) in [5.41, 5.74) is 0. The van der Waals surface area contributed by atoms with Gasteiger partial charge in [-0.15, -0.1) is 0 Å². The number of nitrogens with zero attached hydrogens (tertiary/aromatic N) is 1. The van der Waals surface area contributed by atoms with Gasteiger partial charge in [0.1, 0.15) is 0 Å². The fourth-order valence-corrected chi connectivity index (χ4v) is 0. The Morgan fingerprint density at radius 1 is 1.25 bits per heavy atom. The summed E-state index contributed by atoms with van der Waals surface area (Å²) in [6.07, 6.45) is 0. The fourth-order valence-electron chi connectivity index (χ4n) is 0. The Kier molecular flexibility index (Phi) is 10.1. The highest BCUT2D eigenvalue weighted by atomic mass is 15.2. The maximum atomic E-state index is 5.47. The Morgan fingerprint density at radius 3 is 1.38 bits per heavy atom. The van der Waals surface area contributed by atoms with Crippen molar-refractivity contribution in [2.75, 3.05) is 20.6 Å². The SMILES string of the molecule is C.C.[B][N+](C)(C)CC. The molecule has 0 spiro atoms. The average Bonchev–Trinajstić information content (AvgIpc) is 1.35. The summed E-state index contributed by atoms with van der Waals surface area (Å²) in [5, 5.41) is 0. The summed E-state index contributed by atoms with van der Waals surface area (Å²) in [4.78, 5) is 0. The Hall–Kier alpha value is 0.0249. The molecule has 50 valence electrons. The van der Waals surface area contributed by atoms with Crippen molar-refractivity contribution < 1.29 is 4.39 Å². The summed E-state index contributed by atoms with van der Waals surface area (Å²) in [6, 6.07) is 0. The van der Waals surface area contributed by atoms with Gasteiger partial charge in [0, 0.05) is 14.1 Å². The third kappa shape index (κ3) is 16.6. The Balaban J connectivity index is -0.000000125. The minimum Gasteiger partial charge on any atom is -0.402 e. The van der Waals surface area contributed by atoms with E-state index in [4.69, 9.17) is 7.98 Å². The molecule has 0 aliphatic carbocycles. The monoisotopic (exact) mass is 116 g/mol. The number of hydrogen-bond acceptors (Lipinski definition) is 0. The normalized spacial score (nSPS) is 8.88. The third-order valence-electron chi connectivity index (χ3n) is 0.815. The van der Waals surface area contributed by atoms with Crippen LogP contribution in [-0.4, -0.2) is 33.0 Å². The van der Waals surface area contributed by atoms with E-state index in [1.54, 1.807) is 0 Å². The van der Waals surface area contributed by atoms with Crippen molar-refractivity contribution in [2.45, 2.75) is 21.8 Å². The van der Waals surface area contributed by atoms with E-state index in [2.05, 4.69) is 6.92 Å². The zero-order valence-corrected chi connectivity index (χ0v) is 4.73. The highest BCUT2D eigenvalue weighted by Gasteiger charge is 1.99. The summed E-state index contributed by atoms with van der Waals surface area (Å²) < 4.78 is 0.569. The topological polar surface area (TPSA) is 0 Å². The predicted molar refractivity (Wildman–Crippen MR) is 41.9 cm³/mol. The van der Waals surface area contributed by atoms with Gasteiger partial charge in [0.05, 0.1) is 6.54 Å². The molecule has 0 aliphatic rings. The molecule has 0 aromatic carbocycles. The Morgan fingerprint density at radius 2 is 1.38 bits per heavy atom. The van der Waals surface area contributed by atoms with E-state index in [9.17, 15) is 0 Å². The lowest BCUT2D eigenvalue weighted by molar-refractivity contribution is -0.770. The highest BCUT2D eigenvalue weighted by molar-refractivity contribution is 5.97. The zero-order valence-electron chi connectivity index (χ0n) is 4.73. The van der Waals surface area contributed by atoms with Crippen molar-refractivity contribution in [3.63, 3.8) is 0 Å². The molecular formula is C6H19BN+. The first-order chi connectivity index (χ1) is 2.56. The molecule has 1 nitrogen and oxygen atoms in total. The smallest absolute Gasteiger partial charge is 0.402 e. The summed E-state index contributed by atoms with van der Waals surface area (Å²) in [6.45, 7) is 3.04. The lowest BCUT2D eigenvalue weighted by atomic mass is 10.3. The zero-order chi connectivity index (χ0) is 5.21. The minimum atomic E-state index is 0. The van der Waals surface area contributed by atoms with Gasteiger partial charge in [0.2, 0.25) is 0 Å². The molecule has 0 saturated carbocycles. The van der Waals surface area contributed by atoms with E-state index in [1.807, 2.05) is 14.1 Å². The lowest BCUT2D eigenvalue weighted by Crippen LogP contribution is -2.35. The van der Waals surface area contributed by atoms with Crippen LogP contribution in [0.25, 0.3) is 0 Å². The van der Waals surface area contributed by atoms with Gasteiger partial charge in [-0.2, -0.15) is 0 Å². The van der Waals surface area contributed by atoms with E-state index in [-0.39, 0.29) is 14.9 Å². The van der Waals surface area contributed by atoms with Gasteiger partial charge in [-0.05, 0) is 6.92 Å². The van der Waals surface area contributed by atoms with Gasteiger partial charge < -0.3 is 4.39 Å². The molecule has 8 heavy (non-hydrogen) atoms. The van der Waals surface area contributed by atoms with Crippen LogP contribution in [0, 0.1) is 0 Å². The van der Waals surface area contributed by atoms with Gasteiger partial charge >= 0.3 is 7.98 Å². The number of hydrogen-bond donors (Lipinski definition) is 0. The molecule has 0 N–H and O–H groups in total. The summed E-state index contributed by atoms with van der Waals surface area (Å²) in [5.74, 6) is 0. The molecule has 0 aromatic heterocycles. The van der Waals surface area contributed by atoms with Crippen LogP contribution >= 0.6 is 0 Å². The van der Waals surface area contributed by atoms with Crippen molar-refractivity contribution in [2.24, 2.45) is 0 Å². The largest absolute Gasteiger partial charge is 0.480 e. The molecule has 0 atom stereocenters. The van der Waals surface area contributed by atoms with Crippen molar-refractivity contribution in [3.05, 3.63) is 0 Å². The minimum absolute atomic E-state index is 0. The molecule has 0 bridgehead atoms. The Bertz CT molecular complexity index is 38.3. The molecule has 0 unspecified atom stereocenters. The molecule has 0 saturated heterocycles. The maximum absolute atomic E-state index is 5.47. The first-order valence-electron chi connectivity index (χ1n) is 2.18. The van der Waals surface area contributed by atoms with Crippen molar-refractivity contribution in [1.29, 1.82) is 0 Å². The van der Waals surface area contributed by atoms with Crippen LogP contribution in [0.2, 0.25) is 0 Å². The quantitative estimate of drug-likeness (QED) is 0.454. The lowest BCUT2D eigenvalue weighted by Gasteiger charge is -2.21. The third-order valence-corrected chi connectivity index (χ3v) is 0.815. The second kappa shape index (κ2) is 5.17. The molecule has 0 aromatic rings. The van der Waals surface area contributed by atoms with Crippen LogP contribution in [-0.2, 0) is 0 Å². The van der Waals surface area contributed by atoms with Gasteiger partial charge in [-0.25, -0.2) is 0 Å². The summed E-state index contributed by atoms with van der Waals surface area (Å²) in [7, 11) is 9.39. The fraction of sp³-hybridized carbons (Fsp3) is 1.00. The van der Waals surface area contributed by atoms with E-state index in [0.717, 1.165) is 6.54 Å². The van der Waals surface area contributed by atoms with Crippen LogP contribution in [0.4, 0.5) is 0 Å². The molecule has 0 amide bonds. The molecule has 2 heteroatoms. The first kappa shape index (κ1) is 15.7. The van der Waals surface area contributed by atoms with Crippen LogP contribution in [0.1, 0.15) is 21.8 Å². The van der Waals surface area contributed by atoms with E-state index in [1.165, 1.54) is 0 Å². The van der Waals surface area contributed by atoms with Gasteiger partial charge in [-0.1, -0.05) is 14.9 Å². The maximum Gasteiger partial charge on any atom is 0.480 e. The molecule has 0 rings (SSSR count). The Labute approximate surface area is 55.7 Å². The predicted octanol–water partition coefficient (Wildman–Crippen LogP) is 1.44. The second-order valence-corrected chi connectivity index (χ2v) is 2.09. The van der Waals surface area contributed by atoms with E-state index in [0.29, 0.717) is 4.39 Å². The van der Waals surface area contributed by atoms with E-state index >= 15 is 0 Å². The average molecular weight is 116 g/mol. The molecule has 0 aliphatic heterocycles.